The van der Waals surface area contributed by atoms with Crippen LogP contribution in [0.2, 0.25) is 6.82 Å². The van der Waals surface area contributed by atoms with Crippen molar-refractivity contribution in [3.05, 3.63) is 29.8 Å². The molecule has 1 aromatic carbocycles. The zero-order valence-corrected chi connectivity index (χ0v) is 11.6. The van der Waals surface area contributed by atoms with E-state index < -0.39 is 0 Å². The van der Waals surface area contributed by atoms with E-state index in [0.29, 0.717) is 12.0 Å². The first-order valence-electron chi connectivity index (χ1n) is 7.38. The van der Waals surface area contributed by atoms with Crippen molar-refractivity contribution in [1.82, 2.24) is 10.2 Å². The van der Waals surface area contributed by atoms with Gasteiger partial charge in [0.25, 0.3) is 5.91 Å². The van der Waals surface area contributed by atoms with E-state index >= 15 is 0 Å². The maximum atomic E-state index is 12.3. The summed E-state index contributed by atoms with van der Waals surface area (Å²) in [5, 5.41) is 3.22. The van der Waals surface area contributed by atoms with Crippen LogP contribution in [0, 0.1) is 5.92 Å². The van der Waals surface area contributed by atoms with Crippen LogP contribution < -0.4 is 10.8 Å². The number of nitrogens with one attached hydrogen (secondary N) is 1. The van der Waals surface area contributed by atoms with Crippen LogP contribution in [-0.4, -0.2) is 43.8 Å². The van der Waals surface area contributed by atoms with E-state index in [4.69, 9.17) is 0 Å². The first-order valence-corrected chi connectivity index (χ1v) is 7.38. The van der Waals surface area contributed by atoms with Gasteiger partial charge in [-0.2, -0.15) is 0 Å². The molecule has 1 N–H and O–H groups in total. The second-order valence-corrected chi connectivity index (χ2v) is 5.77. The molecule has 3 heterocycles. The molecular weight excluding hydrogens is 235 g/mol. The summed E-state index contributed by atoms with van der Waals surface area (Å²) in [7, 11) is 1.02. The Hall–Kier alpha value is -1.29. The summed E-state index contributed by atoms with van der Waals surface area (Å²) in [5.74, 6) is 0.769. The lowest BCUT2D eigenvalue weighted by molar-refractivity contribution is 0.0620. The highest BCUT2D eigenvalue weighted by Gasteiger charge is 2.34. The quantitative estimate of drug-likeness (QED) is 0.804. The van der Waals surface area contributed by atoms with E-state index in [0.717, 1.165) is 19.4 Å². The first kappa shape index (κ1) is 12.7. The van der Waals surface area contributed by atoms with Gasteiger partial charge < -0.3 is 10.2 Å². The Morgan fingerprint density at radius 1 is 1.26 bits per heavy atom. The number of amides is 1. The first-order chi connectivity index (χ1) is 9.26. The van der Waals surface area contributed by atoms with E-state index in [-0.39, 0.29) is 5.91 Å². The second kappa shape index (κ2) is 5.37. The van der Waals surface area contributed by atoms with Crippen molar-refractivity contribution in [2.45, 2.75) is 25.7 Å². The van der Waals surface area contributed by atoms with E-state index in [9.17, 15) is 4.79 Å². The lowest BCUT2D eigenvalue weighted by Gasteiger charge is -2.44. The average Bonchev–Trinajstić information content (AvgIpc) is 2.48. The number of carbonyl (C=O) groups is 1. The van der Waals surface area contributed by atoms with E-state index in [1.165, 1.54) is 31.4 Å². The minimum Gasteiger partial charge on any atom is -0.348 e. The molecular formula is C15H21BN2O. The van der Waals surface area contributed by atoms with E-state index in [2.05, 4.69) is 17.0 Å². The van der Waals surface area contributed by atoms with Crippen LogP contribution in [0.5, 0.6) is 0 Å². The number of rotatable bonds is 3. The molecule has 0 saturated carbocycles. The highest BCUT2D eigenvalue weighted by atomic mass is 16.1. The Morgan fingerprint density at radius 3 is 2.47 bits per heavy atom. The molecule has 4 heteroatoms. The van der Waals surface area contributed by atoms with Crippen LogP contribution in [0.1, 0.15) is 23.2 Å². The number of piperidine rings is 3. The molecule has 0 spiro atoms. The Labute approximate surface area is 115 Å². The molecule has 19 heavy (non-hydrogen) atoms. The number of fused-ring (bicyclic) bond motifs is 3. The van der Waals surface area contributed by atoms with Gasteiger partial charge in [0.15, 0.2) is 7.28 Å². The fraction of sp³-hybridized carbons (Fsp3) is 0.533. The van der Waals surface area contributed by atoms with Crippen molar-refractivity contribution in [2.24, 2.45) is 5.92 Å². The predicted octanol–water partition coefficient (Wildman–Crippen LogP) is 0.620. The van der Waals surface area contributed by atoms with Gasteiger partial charge in [0, 0.05) is 18.2 Å². The molecule has 1 amide bonds. The summed E-state index contributed by atoms with van der Waals surface area (Å²) >= 11 is 0. The number of carbonyl (C=O) groups excluding carboxylic acids is 1. The molecule has 4 rings (SSSR count). The van der Waals surface area contributed by atoms with Gasteiger partial charge in [-0.3, -0.25) is 4.79 Å². The van der Waals surface area contributed by atoms with Gasteiger partial charge in [0.05, 0.1) is 0 Å². The Kier molecular flexibility index (Phi) is 3.60. The summed E-state index contributed by atoms with van der Waals surface area (Å²) in [6.07, 6.45) is 2.47. The maximum Gasteiger partial charge on any atom is 0.251 e. The third kappa shape index (κ3) is 2.68. The summed E-state index contributed by atoms with van der Waals surface area (Å²) in [6, 6.07) is 8.32. The molecule has 1 aromatic rings. The molecule has 1 atom stereocenters. The zero-order chi connectivity index (χ0) is 13.2. The molecule has 3 fully saturated rings. The standard InChI is InChI=1S/C15H21BN2O/c1-16-13-4-2-12(3-5-13)15(19)17-14-10-18-8-6-11(14)7-9-18/h2-5,11,14,16H,6-10H2,1H3,(H,17,19). The fourth-order valence-electron chi connectivity index (χ4n) is 3.27. The molecule has 3 aliphatic rings. The second-order valence-electron chi connectivity index (χ2n) is 5.77. The maximum absolute atomic E-state index is 12.3. The highest BCUT2D eigenvalue weighted by molar-refractivity contribution is 6.51. The third-order valence-corrected chi connectivity index (χ3v) is 4.60. The lowest BCUT2D eigenvalue weighted by atomic mass is 9.73. The normalized spacial score (nSPS) is 29.0. The van der Waals surface area contributed by atoms with Gasteiger partial charge in [-0.1, -0.05) is 36.6 Å². The molecule has 3 nitrogen and oxygen atoms in total. The third-order valence-electron chi connectivity index (χ3n) is 4.60. The Morgan fingerprint density at radius 2 is 1.95 bits per heavy atom. The Balaban J connectivity index is 1.64. The highest BCUT2D eigenvalue weighted by Crippen LogP contribution is 2.27. The smallest absolute Gasteiger partial charge is 0.251 e. The van der Waals surface area contributed by atoms with Crippen molar-refractivity contribution >= 4 is 18.6 Å². The van der Waals surface area contributed by atoms with Crippen molar-refractivity contribution in [2.75, 3.05) is 19.6 Å². The molecule has 0 aliphatic carbocycles. The van der Waals surface area contributed by atoms with Gasteiger partial charge in [-0.25, -0.2) is 0 Å². The fourth-order valence-corrected chi connectivity index (χ4v) is 3.27. The predicted molar refractivity (Wildman–Crippen MR) is 79.5 cm³/mol. The molecule has 1 unspecified atom stereocenters. The van der Waals surface area contributed by atoms with Crippen molar-refractivity contribution < 1.29 is 4.79 Å². The minimum absolute atomic E-state index is 0.0846. The Bertz CT molecular complexity index is 452. The van der Waals surface area contributed by atoms with Crippen molar-refractivity contribution in [3.63, 3.8) is 0 Å². The largest absolute Gasteiger partial charge is 0.348 e. The number of benzene rings is 1. The minimum atomic E-state index is 0.0846. The summed E-state index contributed by atoms with van der Waals surface area (Å²) in [5.41, 5.74) is 2.06. The topological polar surface area (TPSA) is 32.3 Å². The van der Waals surface area contributed by atoms with Crippen LogP contribution in [0.4, 0.5) is 0 Å². The van der Waals surface area contributed by atoms with Crippen LogP contribution in [0.25, 0.3) is 0 Å². The lowest BCUT2D eigenvalue weighted by Crippen LogP contribution is -2.57. The van der Waals surface area contributed by atoms with Gasteiger partial charge in [-0.15, -0.1) is 0 Å². The number of nitrogens with zero attached hydrogens (tertiary/aromatic N) is 1. The van der Waals surface area contributed by atoms with Crippen LogP contribution in [0.15, 0.2) is 24.3 Å². The average molecular weight is 256 g/mol. The van der Waals surface area contributed by atoms with Gasteiger partial charge in [0.2, 0.25) is 0 Å². The number of hydrogen-bond acceptors (Lipinski definition) is 2. The van der Waals surface area contributed by atoms with Crippen molar-refractivity contribution in [3.8, 4) is 0 Å². The van der Waals surface area contributed by atoms with E-state index in [1.807, 2.05) is 24.3 Å². The molecule has 0 aromatic heterocycles. The van der Waals surface area contributed by atoms with Crippen LogP contribution in [-0.2, 0) is 0 Å². The monoisotopic (exact) mass is 256 g/mol. The number of hydrogen-bond donors (Lipinski definition) is 1. The summed E-state index contributed by atoms with van der Waals surface area (Å²) in [4.78, 5) is 14.7. The van der Waals surface area contributed by atoms with Gasteiger partial charge in [-0.05, 0) is 31.8 Å². The van der Waals surface area contributed by atoms with Crippen molar-refractivity contribution in [1.29, 1.82) is 0 Å². The molecule has 3 saturated heterocycles. The molecule has 2 bridgehead atoms. The molecule has 100 valence electrons. The molecule has 0 radical (unpaired) electrons. The SMILES string of the molecule is CBc1ccc(C(=O)NC2CN3CCC2CC3)cc1. The van der Waals surface area contributed by atoms with Gasteiger partial charge >= 0.3 is 0 Å². The summed E-state index contributed by atoms with van der Waals surface area (Å²) < 4.78 is 0. The van der Waals surface area contributed by atoms with Crippen LogP contribution >= 0.6 is 0 Å². The zero-order valence-electron chi connectivity index (χ0n) is 11.6. The van der Waals surface area contributed by atoms with Crippen LogP contribution in [0.3, 0.4) is 0 Å². The molecule has 3 aliphatic heterocycles. The van der Waals surface area contributed by atoms with E-state index in [1.54, 1.807) is 0 Å². The van der Waals surface area contributed by atoms with Gasteiger partial charge in [0.1, 0.15) is 0 Å². The summed E-state index contributed by atoms with van der Waals surface area (Å²) in [6.45, 7) is 5.58.